The van der Waals surface area contributed by atoms with Crippen LogP contribution in [0.4, 0.5) is 0 Å². The maximum atomic E-state index is 12.1. The average molecular weight is 341 g/mol. The summed E-state index contributed by atoms with van der Waals surface area (Å²) in [5.74, 6) is 0.0700. The molecule has 1 unspecified atom stereocenters. The van der Waals surface area contributed by atoms with Crippen LogP contribution in [0.2, 0.25) is 0 Å². The second kappa shape index (κ2) is 8.42. The fourth-order valence-corrected chi connectivity index (χ4v) is 2.56. The Morgan fingerprint density at radius 3 is 2.45 bits per heavy atom. The molecule has 0 aliphatic rings. The molecule has 0 aromatic heterocycles. The fraction of sp³-hybridized carbons (Fsp3) is 0.562. The smallest absolute Gasteiger partial charge is 0.237 e. The van der Waals surface area contributed by atoms with E-state index in [4.69, 9.17) is 0 Å². The number of halogens is 1. The highest BCUT2D eigenvalue weighted by Crippen LogP contribution is 2.18. The zero-order valence-electron chi connectivity index (χ0n) is 12.7. The first-order chi connectivity index (χ1) is 9.47. The van der Waals surface area contributed by atoms with Crippen LogP contribution in [0.3, 0.4) is 0 Å². The van der Waals surface area contributed by atoms with Crippen LogP contribution < -0.4 is 10.6 Å². The Bertz CT molecular complexity index is 432. The number of nitrogens with one attached hydrogen (secondary N) is 2. The van der Waals surface area contributed by atoms with Gasteiger partial charge in [-0.05, 0) is 44.4 Å². The molecule has 3 nitrogen and oxygen atoms in total. The van der Waals surface area contributed by atoms with Crippen molar-refractivity contribution in [2.75, 3.05) is 0 Å². The Balaban J connectivity index is 2.56. The molecule has 2 atom stereocenters. The molecule has 112 valence electrons. The molecule has 0 aliphatic heterocycles. The second-order valence-corrected chi connectivity index (χ2v) is 6.10. The summed E-state index contributed by atoms with van der Waals surface area (Å²) in [4.78, 5) is 12.1. The van der Waals surface area contributed by atoms with Crippen LogP contribution in [0.25, 0.3) is 0 Å². The van der Waals surface area contributed by atoms with Gasteiger partial charge in [0.05, 0.1) is 6.04 Å². The van der Waals surface area contributed by atoms with Crippen molar-refractivity contribution in [1.29, 1.82) is 0 Å². The number of amides is 1. The van der Waals surface area contributed by atoms with E-state index in [1.807, 2.05) is 19.1 Å². The Hall–Kier alpha value is -0.870. The topological polar surface area (TPSA) is 41.1 Å². The molecule has 0 spiro atoms. The second-order valence-electron chi connectivity index (χ2n) is 5.19. The van der Waals surface area contributed by atoms with Gasteiger partial charge in [-0.2, -0.15) is 0 Å². The lowest BCUT2D eigenvalue weighted by molar-refractivity contribution is -0.123. The van der Waals surface area contributed by atoms with Crippen LogP contribution in [0, 0.1) is 0 Å². The Morgan fingerprint density at radius 2 is 1.90 bits per heavy atom. The zero-order valence-corrected chi connectivity index (χ0v) is 14.3. The lowest BCUT2D eigenvalue weighted by Gasteiger charge is -2.22. The highest BCUT2D eigenvalue weighted by atomic mass is 79.9. The molecule has 1 aromatic rings. The van der Waals surface area contributed by atoms with E-state index in [0.29, 0.717) is 0 Å². The van der Waals surface area contributed by atoms with Gasteiger partial charge in [-0.15, -0.1) is 0 Å². The molecule has 0 saturated heterocycles. The third-order valence-electron chi connectivity index (χ3n) is 3.57. The van der Waals surface area contributed by atoms with Crippen LogP contribution in [0.5, 0.6) is 0 Å². The summed E-state index contributed by atoms with van der Waals surface area (Å²) >= 11 is 3.47. The van der Waals surface area contributed by atoms with Gasteiger partial charge in [0.25, 0.3) is 0 Å². The highest BCUT2D eigenvalue weighted by Gasteiger charge is 2.18. The lowest BCUT2D eigenvalue weighted by Crippen LogP contribution is -2.46. The number of carbonyl (C=O) groups excluding carboxylic acids is 1. The molecule has 4 heteroatoms. The predicted molar refractivity (Wildman–Crippen MR) is 87.7 cm³/mol. The number of hydrogen-bond donors (Lipinski definition) is 2. The fourth-order valence-electron chi connectivity index (χ4n) is 2.14. The summed E-state index contributed by atoms with van der Waals surface area (Å²) in [7, 11) is 0. The van der Waals surface area contributed by atoms with E-state index < -0.39 is 0 Å². The SMILES string of the molecule is CCC(CC)NC(=O)C(C)N[C@H](C)c1cccc(Br)c1. The molecule has 0 saturated carbocycles. The Labute approximate surface area is 130 Å². The normalized spacial score (nSPS) is 14.1. The molecule has 0 bridgehead atoms. The summed E-state index contributed by atoms with van der Waals surface area (Å²) in [6.45, 7) is 8.17. The van der Waals surface area contributed by atoms with Gasteiger partial charge in [-0.3, -0.25) is 10.1 Å². The maximum absolute atomic E-state index is 12.1. The van der Waals surface area contributed by atoms with Gasteiger partial charge in [-0.25, -0.2) is 0 Å². The third kappa shape index (κ3) is 5.25. The molecular weight excluding hydrogens is 316 g/mol. The van der Waals surface area contributed by atoms with Gasteiger partial charge >= 0.3 is 0 Å². The largest absolute Gasteiger partial charge is 0.352 e. The Morgan fingerprint density at radius 1 is 1.25 bits per heavy atom. The third-order valence-corrected chi connectivity index (χ3v) is 4.07. The molecule has 0 radical (unpaired) electrons. The van der Waals surface area contributed by atoms with Gasteiger partial charge in [-0.1, -0.05) is 41.9 Å². The molecular formula is C16H25BrN2O. The van der Waals surface area contributed by atoms with Crippen molar-refractivity contribution in [3.63, 3.8) is 0 Å². The maximum Gasteiger partial charge on any atom is 0.237 e. The van der Waals surface area contributed by atoms with Crippen molar-refractivity contribution < 1.29 is 4.79 Å². The van der Waals surface area contributed by atoms with E-state index in [1.165, 1.54) is 5.56 Å². The first-order valence-electron chi connectivity index (χ1n) is 7.29. The number of carbonyl (C=O) groups is 1. The molecule has 2 N–H and O–H groups in total. The summed E-state index contributed by atoms with van der Waals surface area (Å²) in [5.41, 5.74) is 1.17. The molecule has 1 amide bonds. The minimum Gasteiger partial charge on any atom is -0.352 e. The average Bonchev–Trinajstić information content (AvgIpc) is 2.44. The summed E-state index contributed by atoms with van der Waals surface area (Å²) < 4.78 is 1.05. The van der Waals surface area contributed by atoms with Gasteiger partial charge in [0.1, 0.15) is 0 Å². The quantitative estimate of drug-likeness (QED) is 0.792. The van der Waals surface area contributed by atoms with Crippen LogP contribution in [0.15, 0.2) is 28.7 Å². The summed E-state index contributed by atoms with van der Waals surface area (Å²) in [6.07, 6.45) is 1.94. The molecule has 0 aliphatic carbocycles. The number of hydrogen-bond acceptors (Lipinski definition) is 2. The predicted octanol–water partition coefficient (Wildman–Crippen LogP) is 3.79. The lowest BCUT2D eigenvalue weighted by atomic mass is 10.1. The summed E-state index contributed by atoms with van der Waals surface area (Å²) in [5, 5.41) is 6.42. The minimum absolute atomic E-state index is 0.0700. The highest BCUT2D eigenvalue weighted by molar-refractivity contribution is 9.10. The monoisotopic (exact) mass is 340 g/mol. The van der Waals surface area contributed by atoms with Crippen LogP contribution in [0.1, 0.15) is 52.1 Å². The van der Waals surface area contributed by atoms with E-state index in [-0.39, 0.29) is 24.0 Å². The van der Waals surface area contributed by atoms with Crippen molar-refractivity contribution in [2.24, 2.45) is 0 Å². The zero-order chi connectivity index (χ0) is 15.1. The van der Waals surface area contributed by atoms with Gasteiger partial charge in [0.2, 0.25) is 5.91 Å². The van der Waals surface area contributed by atoms with Gasteiger partial charge in [0.15, 0.2) is 0 Å². The van der Waals surface area contributed by atoms with Crippen molar-refractivity contribution in [2.45, 2.75) is 58.7 Å². The van der Waals surface area contributed by atoms with Gasteiger partial charge < -0.3 is 5.32 Å². The molecule has 0 heterocycles. The molecule has 1 rings (SSSR count). The number of rotatable bonds is 7. The van der Waals surface area contributed by atoms with Crippen LogP contribution >= 0.6 is 15.9 Å². The van der Waals surface area contributed by atoms with E-state index in [0.717, 1.165) is 17.3 Å². The van der Waals surface area contributed by atoms with Crippen LogP contribution in [-0.4, -0.2) is 18.0 Å². The van der Waals surface area contributed by atoms with Crippen molar-refractivity contribution in [3.8, 4) is 0 Å². The van der Waals surface area contributed by atoms with E-state index in [1.54, 1.807) is 0 Å². The molecule has 0 fully saturated rings. The first-order valence-corrected chi connectivity index (χ1v) is 8.09. The van der Waals surface area contributed by atoms with Crippen molar-refractivity contribution in [1.82, 2.24) is 10.6 Å². The van der Waals surface area contributed by atoms with E-state index >= 15 is 0 Å². The Kier molecular flexibility index (Phi) is 7.24. The van der Waals surface area contributed by atoms with E-state index in [9.17, 15) is 4.79 Å². The summed E-state index contributed by atoms with van der Waals surface area (Å²) in [6, 6.07) is 8.34. The molecule has 1 aromatic carbocycles. The molecule has 20 heavy (non-hydrogen) atoms. The standard InChI is InChI=1S/C16H25BrN2O/c1-5-15(6-2)19-16(20)12(4)18-11(3)13-8-7-9-14(17)10-13/h7-12,15,18H,5-6H2,1-4H3,(H,19,20)/t11-,12?/m1/s1. The van der Waals surface area contributed by atoms with Crippen LogP contribution in [-0.2, 0) is 4.79 Å². The number of benzene rings is 1. The van der Waals surface area contributed by atoms with Crippen molar-refractivity contribution >= 4 is 21.8 Å². The van der Waals surface area contributed by atoms with Crippen molar-refractivity contribution in [3.05, 3.63) is 34.3 Å². The van der Waals surface area contributed by atoms with Gasteiger partial charge in [0, 0.05) is 16.6 Å². The van der Waals surface area contributed by atoms with E-state index in [2.05, 4.69) is 59.5 Å². The minimum atomic E-state index is -0.204. The first kappa shape index (κ1) is 17.2.